The Hall–Kier alpha value is -3.01. The summed E-state index contributed by atoms with van der Waals surface area (Å²) in [5.41, 5.74) is -0.0856. The molecule has 0 bridgehead atoms. The predicted octanol–water partition coefficient (Wildman–Crippen LogP) is -0.0951. The maximum Gasteiger partial charge on any atom is 0.323 e. The van der Waals surface area contributed by atoms with E-state index in [-0.39, 0.29) is 12.5 Å². The van der Waals surface area contributed by atoms with Crippen LogP contribution in [0.25, 0.3) is 0 Å². The summed E-state index contributed by atoms with van der Waals surface area (Å²) in [5.74, 6) is 2.03. The van der Waals surface area contributed by atoms with Crippen LogP contribution in [-0.4, -0.2) is 48.5 Å². The molecule has 1 saturated heterocycles. The SMILES string of the molecule is C#C[C@]1(CN2CCc3ccc(OC)cc3C2=O)NC(=O)NC1=O. The highest BCUT2D eigenvalue weighted by Gasteiger charge is 2.47. The minimum atomic E-state index is -1.52. The zero-order valence-electron chi connectivity index (χ0n) is 12.5. The molecule has 0 aromatic heterocycles. The zero-order chi connectivity index (χ0) is 16.6. The number of urea groups is 1. The van der Waals surface area contributed by atoms with Crippen LogP contribution in [0.15, 0.2) is 18.2 Å². The molecule has 2 aliphatic rings. The van der Waals surface area contributed by atoms with Crippen LogP contribution in [-0.2, 0) is 11.2 Å². The summed E-state index contributed by atoms with van der Waals surface area (Å²) in [6, 6.07) is 4.67. The highest BCUT2D eigenvalue weighted by atomic mass is 16.5. The molecule has 7 nitrogen and oxygen atoms in total. The van der Waals surface area contributed by atoms with Gasteiger partial charge in [-0.05, 0) is 24.1 Å². The normalized spacial score (nSPS) is 23.0. The zero-order valence-corrected chi connectivity index (χ0v) is 12.5. The predicted molar refractivity (Wildman–Crippen MR) is 80.8 cm³/mol. The van der Waals surface area contributed by atoms with Crippen molar-refractivity contribution in [3.63, 3.8) is 0 Å². The first-order chi connectivity index (χ1) is 11.0. The third-order valence-corrected chi connectivity index (χ3v) is 4.10. The first-order valence-electron chi connectivity index (χ1n) is 7.06. The van der Waals surface area contributed by atoms with E-state index >= 15 is 0 Å². The molecule has 2 heterocycles. The molecule has 0 spiro atoms. The number of carbonyl (C=O) groups excluding carboxylic acids is 3. The highest BCUT2D eigenvalue weighted by molar-refractivity contribution is 6.09. The fourth-order valence-electron chi connectivity index (χ4n) is 2.81. The molecular weight excluding hydrogens is 298 g/mol. The number of nitrogens with one attached hydrogen (secondary N) is 2. The van der Waals surface area contributed by atoms with Gasteiger partial charge in [0, 0.05) is 12.1 Å². The van der Waals surface area contributed by atoms with Gasteiger partial charge in [0.05, 0.1) is 13.7 Å². The largest absolute Gasteiger partial charge is 0.497 e. The number of hydrogen-bond donors (Lipinski definition) is 2. The van der Waals surface area contributed by atoms with E-state index < -0.39 is 17.5 Å². The molecule has 3 rings (SSSR count). The summed E-state index contributed by atoms with van der Waals surface area (Å²) in [7, 11) is 1.53. The van der Waals surface area contributed by atoms with Gasteiger partial charge in [0.15, 0.2) is 5.54 Å². The molecular formula is C16H15N3O4. The van der Waals surface area contributed by atoms with Gasteiger partial charge in [0.2, 0.25) is 0 Å². The Bertz CT molecular complexity index is 752. The van der Waals surface area contributed by atoms with Crippen LogP contribution in [0.5, 0.6) is 5.75 Å². The Labute approximate surface area is 133 Å². The van der Waals surface area contributed by atoms with Gasteiger partial charge in [-0.3, -0.25) is 14.9 Å². The Morgan fingerprint density at radius 2 is 2.17 bits per heavy atom. The number of methoxy groups -OCH3 is 1. The molecule has 4 amide bonds. The molecule has 2 aliphatic heterocycles. The number of imide groups is 1. The van der Waals surface area contributed by atoms with Gasteiger partial charge in [-0.1, -0.05) is 12.0 Å². The number of hydrogen-bond acceptors (Lipinski definition) is 4. The van der Waals surface area contributed by atoms with Crippen molar-refractivity contribution in [1.82, 2.24) is 15.5 Å². The minimum absolute atomic E-state index is 0.0729. The number of rotatable bonds is 3. The van der Waals surface area contributed by atoms with Crippen molar-refractivity contribution in [2.75, 3.05) is 20.2 Å². The number of terminal acetylenes is 1. The molecule has 2 N–H and O–H groups in total. The molecule has 0 saturated carbocycles. The van der Waals surface area contributed by atoms with E-state index in [9.17, 15) is 14.4 Å². The molecule has 118 valence electrons. The summed E-state index contributed by atoms with van der Waals surface area (Å²) < 4.78 is 5.15. The van der Waals surface area contributed by atoms with Gasteiger partial charge in [0.1, 0.15) is 5.75 Å². The van der Waals surface area contributed by atoms with Gasteiger partial charge < -0.3 is 15.0 Å². The van der Waals surface area contributed by atoms with Gasteiger partial charge >= 0.3 is 6.03 Å². The van der Waals surface area contributed by atoms with E-state index in [2.05, 4.69) is 16.6 Å². The van der Waals surface area contributed by atoms with Crippen molar-refractivity contribution in [2.24, 2.45) is 0 Å². The minimum Gasteiger partial charge on any atom is -0.497 e. The second kappa shape index (κ2) is 5.32. The van der Waals surface area contributed by atoms with Crippen LogP contribution in [0.4, 0.5) is 4.79 Å². The molecule has 1 atom stereocenters. The van der Waals surface area contributed by atoms with Crippen molar-refractivity contribution in [2.45, 2.75) is 12.0 Å². The fraction of sp³-hybridized carbons (Fsp3) is 0.312. The van der Waals surface area contributed by atoms with Crippen molar-refractivity contribution in [1.29, 1.82) is 0 Å². The van der Waals surface area contributed by atoms with E-state index in [1.165, 1.54) is 12.0 Å². The fourth-order valence-corrected chi connectivity index (χ4v) is 2.81. The smallest absolute Gasteiger partial charge is 0.323 e. The molecule has 1 fully saturated rings. The van der Waals surface area contributed by atoms with E-state index in [4.69, 9.17) is 11.2 Å². The van der Waals surface area contributed by atoms with E-state index in [0.717, 1.165) is 5.56 Å². The third-order valence-electron chi connectivity index (χ3n) is 4.10. The monoisotopic (exact) mass is 313 g/mol. The van der Waals surface area contributed by atoms with Gasteiger partial charge in [-0.15, -0.1) is 6.42 Å². The molecule has 0 radical (unpaired) electrons. The second-order valence-electron chi connectivity index (χ2n) is 5.46. The highest BCUT2D eigenvalue weighted by Crippen LogP contribution is 2.25. The second-order valence-corrected chi connectivity index (χ2v) is 5.46. The van der Waals surface area contributed by atoms with Gasteiger partial charge in [0.25, 0.3) is 11.8 Å². The molecule has 1 aromatic carbocycles. The summed E-state index contributed by atoms with van der Waals surface area (Å²) in [5, 5.41) is 4.54. The molecule has 1 aromatic rings. The number of ether oxygens (including phenoxy) is 1. The topological polar surface area (TPSA) is 87.7 Å². The number of benzene rings is 1. The third kappa shape index (κ3) is 2.38. The van der Waals surface area contributed by atoms with Crippen molar-refractivity contribution >= 4 is 17.8 Å². The summed E-state index contributed by atoms with van der Waals surface area (Å²) >= 11 is 0. The van der Waals surface area contributed by atoms with Crippen LogP contribution in [0.2, 0.25) is 0 Å². The Balaban J connectivity index is 1.88. The Kier molecular flexibility index (Phi) is 3.45. The van der Waals surface area contributed by atoms with Crippen LogP contribution < -0.4 is 15.4 Å². The van der Waals surface area contributed by atoms with E-state index in [1.54, 1.807) is 12.1 Å². The van der Waals surface area contributed by atoms with Crippen LogP contribution >= 0.6 is 0 Å². The van der Waals surface area contributed by atoms with Gasteiger partial charge in [-0.25, -0.2) is 4.79 Å². The van der Waals surface area contributed by atoms with Gasteiger partial charge in [-0.2, -0.15) is 0 Å². The Morgan fingerprint density at radius 3 is 2.78 bits per heavy atom. The number of amides is 4. The summed E-state index contributed by atoms with van der Waals surface area (Å²) in [6.07, 6.45) is 6.08. The van der Waals surface area contributed by atoms with E-state index in [0.29, 0.717) is 24.3 Å². The summed E-state index contributed by atoms with van der Waals surface area (Å²) in [4.78, 5) is 37.5. The quantitative estimate of drug-likeness (QED) is 0.603. The van der Waals surface area contributed by atoms with Crippen molar-refractivity contribution in [3.8, 4) is 18.1 Å². The summed E-state index contributed by atoms with van der Waals surface area (Å²) in [6.45, 7) is 0.349. The molecule has 23 heavy (non-hydrogen) atoms. The van der Waals surface area contributed by atoms with Crippen molar-refractivity contribution in [3.05, 3.63) is 29.3 Å². The van der Waals surface area contributed by atoms with Crippen molar-refractivity contribution < 1.29 is 19.1 Å². The maximum absolute atomic E-state index is 12.7. The number of nitrogens with zero attached hydrogens (tertiary/aromatic N) is 1. The maximum atomic E-state index is 12.7. The molecule has 7 heteroatoms. The first-order valence-corrected chi connectivity index (χ1v) is 7.06. The van der Waals surface area contributed by atoms with Crippen LogP contribution in [0.1, 0.15) is 15.9 Å². The lowest BCUT2D eigenvalue weighted by Gasteiger charge is -2.33. The average Bonchev–Trinajstić information content (AvgIpc) is 2.84. The number of fused-ring (bicyclic) bond motifs is 1. The van der Waals surface area contributed by atoms with E-state index in [1.807, 2.05) is 6.07 Å². The average molecular weight is 313 g/mol. The van der Waals surface area contributed by atoms with Crippen LogP contribution in [0, 0.1) is 12.3 Å². The Morgan fingerprint density at radius 1 is 1.39 bits per heavy atom. The van der Waals surface area contributed by atoms with Crippen LogP contribution in [0.3, 0.4) is 0 Å². The molecule has 0 unspecified atom stereocenters. The lowest BCUT2D eigenvalue weighted by atomic mass is 9.95. The lowest BCUT2D eigenvalue weighted by Crippen LogP contribution is -2.56. The standard InChI is InChI=1S/C16H15N3O4/c1-3-16(14(21)17-15(22)18-16)9-19-7-6-10-4-5-11(23-2)8-12(10)13(19)20/h1,4-5,8H,6-7,9H2,2H3,(H2,17,18,21,22)/t16-/m1/s1. The lowest BCUT2D eigenvalue weighted by molar-refractivity contribution is -0.122. The first kappa shape index (κ1) is 14.9. The number of carbonyl (C=O) groups is 3. The molecule has 0 aliphatic carbocycles.